The number of ether oxygens (including phenoxy) is 1. The number of carbonyl (C=O) groups excluding carboxylic acids is 1. The molecule has 2 atom stereocenters. The predicted molar refractivity (Wildman–Crippen MR) is 99.1 cm³/mol. The van der Waals surface area contributed by atoms with Crippen LogP contribution in [-0.4, -0.2) is 40.8 Å². The van der Waals surface area contributed by atoms with Gasteiger partial charge in [0.15, 0.2) is 0 Å². The molecule has 0 radical (unpaired) electrons. The number of fused-ring (bicyclic) bond motifs is 3. The summed E-state index contributed by atoms with van der Waals surface area (Å²) >= 11 is 0. The lowest BCUT2D eigenvalue weighted by atomic mass is 9.93. The van der Waals surface area contributed by atoms with Gasteiger partial charge in [0.25, 0.3) is 0 Å². The monoisotopic (exact) mass is 351 g/mol. The van der Waals surface area contributed by atoms with Gasteiger partial charge in [0.2, 0.25) is 5.91 Å². The minimum absolute atomic E-state index is 0.0773. The van der Waals surface area contributed by atoms with Crippen LogP contribution in [0.3, 0.4) is 0 Å². The lowest BCUT2D eigenvalue weighted by Gasteiger charge is -2.21. The second-order valence-electron chi connectivity index (χ2n) is 8.41. The van der Waals surface area contributed by atoms with E-state index >= 15 is 0 Å². The van der Waals surface area contributed by atoms with Crippen molar-refractivity contribution < 1.29 is 9.53 Å². The van der Waals surface area contributed by atoms with E-state index in [1.54, 1.807) is 7.11 Å². The van der Waals surface area contributed by atoms with Crippen LogP contribution in [0.1, 0.15) is 36.9 Å². The van der Waals surface area contributed by atoms with E-state index in [9.17, 15) is 4.79 Å². The van der Waals surface area contributed by atoms with Crippen molar-refractivity contribution in [3.05, 3.63) is 35.5 Å². The standard InChI is InChI=1S/C21H25N3O2/c1-21(7-8-21)20(25)24-11-14-10-17-18(16(14)12-24)19(22-23(17)2)13-5-4-6-15(9-13)26-3/h4-6,9,14,16H,7-8,10-12H2,1-3H3/t14-,16+/m0/s1. The van der Waals surface area contributed by atoms with E-state index in [1.165, 1.54) is 11.3 Å². The molecule has 136 valence electrons. The van der Waals surface area contributed by atoms with E-state index in [4.69, 9.17) is 9.84 Å². The fourth-order valence-corrected chi connectivity index (χ4v) is 4.79. The second-order valence-corrected chi connectivity index (χ2v) is 8.41. The zero-order chi connectivity index (χ0) is 18.1. The van der Waals surface area contributed by atoms with Gasteiger partial charge in [0.05, 0.1) is 12.8 Å². The first kappa shape index (κ1) is 15.9. The Balaban J connectivity index is 1.50. The summed E-state index contributed by atoms with van der Waals surface area (Å²) in [5.41, 5.74) is 4.76. The van der Waals surface area contributed by atoms with Crippen LogP contribution in [0.4, 0.5) is 0 Å². The number of nitrogens with zero attached hydrogens (tertiary/aromatic N) is 3. The van der Waals surface area contributed by atoms with Crippen molar-refractivity contribution in [2.45, 2.75) is 32.1 Å². The summed E-state index contributed by atoms with van der Waals surface area (Å²) in [5, 5.41) is 4.83. The molecule has 5 heteroatoms. The van der Waals surface area contributed by atoms with Crippen LogP contribution in [0.25, 0.3) is 11.3 Å². The summed E-state index contributed by atoms with van der Waals surface area (Å²) in [6, 6.07) is 8.13. The van der Waals surface area contributed by atoms with Crippen molar-refractivity contribution >= 4 is 5.91 Å². The molecule has 1 saturated carbocycles. The van der Waals surface area contributed by atoms with Gasteiger partial charge in [-0.2, -0.15) is 5.10 Å². The molecule has 0 unspecified atom stereocenters. The maximum atomic E-state index is 12.8. The number of aromatic nitrogens is 2. The van der Waals surface area contributed by atoms with Crippen molar-refractivity contribution in [2.24, 2.45) is 18.4 Å². The highest BCUT2D eigenvalue weighted by atomic mass is 16.5. The van der Waals surface area contributed by atoms with E-state index in [1.807, 2.05) is 23.9 Å². The summed E-state index contributed by atoms with van der Waals surface area (Å²) in [4.78, 5) is 14.9. The topological polar surface area (TPSA) is 47.4 Å². The minimum atomic E-state index is -0.0773. The number of rotatable bonds is 3. The van der Waals surface area contributed by atoms with Crippen molar-refractivity contribution in [1.29, 1.82) is 0 Å². The highest BCUT2D eigenvalue weighted by Gasteiger charge is 2.52. The van der Waals surface area contributed by atoms with Gasteiger partial charge in [-0.05, 0) is 37.3 Å². The average molecular weight is 351 g/mol. The van der Waals surface area contributed by atoms with Gasteiger partial charge in [-0.15, -0.1) is 0 Å². The van der Waals surface area contributed by atoms with Gasteiger partial charge in [-0.1, -0.05) is 19.1 Å². The van der Waals surface area contributed by atoms with Gasteiger partial charge >= 0.3 is 0 Å². The molecule has 1 saturated heterocycles. The molecule has 2 heterocycles. The highest BCUT2D eigenvalue weighted by Crippen LogP contribution is 2.51. The number of benzene rings is 1. The third-order valence-corrected chi connectivity index (χ3v) is 6.62. The molecule has 1 amide bonds. The Morgan fingerprint density at radius 3 is 2.85 bits per heavy atom. The van der Waals surface area contributed by atoms with Crippen LogP contribution in [0.15, 0.2) is 24.3 Å². The van der Waals surface area contributed by atoms with Crippen LogP contribution in [0.2, 0.25) is 0 Å². The Hall–Kier alpha value is -2.30. The van der Waals surface area contributed by atoms with Crippen molar-refractivity contribution in [3.63, 3.8) is 0 Å². The first-order valence-corrected chi connectivity index (χ1v) is 9.50. The summed E-state index contributed by atoms with van der Waals surface area (Å²) in [6.45, 7) is 3.85. The molecule has 2 aromatic rings. The molecule has 0 spiro atoms. The number of aryl methyl sites for hydroxylation is 1. The van der Waals surface area contributed by atoms with Crippen LogP contribution < -0.4 is 4.74 Å². The first-order chi connectivity index (χ1) is 12.5. The van der Waals surface area contributed by atoms with Gasteiger partial charge in [-0.25, -0.2) is 0 Å². The van der Waals surface area contributed by atoms with Crippen molar-refractivity contribution in [1.82, 2.24) is 14.7 Å². The highest BCUT2D eigenvalue weighted by molar-refractivity contribution is 5.85. The Morgan fingerprint density at radius 2 is 2.12 bits per heavy atom. The zero-order valence-corrected chi connectivity index (χ0v) is 15.7. The Kier molecular flexibility index (Phi) is 3.27. The molecule has 26 heavy (non-hydrogen) atoms. The van der Waals surface area contributed by atoms with Crippen molar-refractivity contribution in [2.75, 3.05) is 20.2 Å². The van der Waals surface area contributed by atoms with E-state index in [0.717, 1.165) is 49.4 Å². The van der Waals surface area contributed by atoms with Crippen LogP contribution in [0, 0.1) is 11.3 Å². The lowest BCUT2D eigenvalue weighted by Crippen LogP contribution is -2.35. The molecule has 5 rings (SSSR count). The van der Waals surface area contributed by atoms with E-state index in [0.29, 0.717) is 17.7 Å². The Morgan fingerprint density at radius 1 is 1.31 bits per heavy atom. The van der Waals surface area contributed by atoms with Crippen LogP contribution in [-0.2, 0) is 18.3 Å². The molecule has 0 N–H and O–H groups in total. The fourth-order valence-electron chi connectivity index (χ4n) is 4.79. The summed E-state index contributed by atoms with van der Waals surface area (Å²) < 4.78 is 7.43. The maximum absolute atomic E-state index is 12.8. The summed E-state index contributed by atoms with van der Waals surface area (Å²) in [5.74, 6) is 2.15. The van der Waals surface area contributed by atoms with Gasteiger partial charge in [-0.3, -0.25) is 9.48 Å². The molecule has 1 aromatic heterocycles. The van der Waals surface area contributed by atoms with E-state index < -0.39 is 0 Å². The molecule has 1 aromatic carbocycles. The zero-order valence-electron chi connectivity index (χ0n) is 15.7. The number of amides is 1. The van der Waals surface area contributed by atoms with Gasteiger partial charge in [0, 0.05) is 48.3 Å². The average Bonchev–Trinajstić information content (AvgIpc) is 3.00. The van der Waals surface area contributed by atoms with Gasteiger partial charge < -0.3 is 9.64 Å². The quantitative estimate of drug-likeness (QED) is 0.854. The fraction of sp³-hybridized carbons (Fsp3) is 0.524. The third kappa shape index (κ3) is 2.22. The number of hydrogen-bond acceptors (Lipinski definition) is 3. The number of methoxy groups -OCH3 is 1. The minimum Gasteiger partial charge on any atom is -0.497 e. The first-order valence-electron chi connectivity index (χ1n) is 9.50. The summed E-state index contributed by atoms with van der Waals surface area (Å²) in [6.07, 6.45) is 3.11. The van der Waals surface area contributed by atoms with Crippen LogP contribution >= 0.6 is 0 Å². The smallest absolute Gasteiger partial charge is 0.228 e. The largest absolute Gasteiger partial charge is 0.497 e. The molecular weight excluding hydrogens is 326 g/mol. The molecule has 0 bridgehead atoms. The van der Waals surface area contributed by atoms with E-state index in [-0.39, 0.29) is 5.41 Å². The molecule has 2 fully saturated rings. The van der Waals surface area contributed by atoms with Crippen LogP contribution in [0.5, 0.6) is 5.75 Å². The maximum Gasteiger partial charge on any atom is 0.228 e. The Bertz CT molecular complexity index is 897. The third-order valence-electron chi connectivity index (χ3n) is 6.62. The van der Waals surface area contributed by atoms with Gasteiger partial charge in [0.1, 0.15) is 5.75 Å². The molecule has 1 aliphatic heterocycles. The molecule has 5 nitrogen and oxygen atoms in total. The van der Waals surface area contributed by atoms with Crippen molar-refractivity contribution in [3.8, 4) is 17.0 Å². The second kappa shape index (κ2) is 5.35. The normalized spacial score (nSPS) is 25.1. The SMILES string of the molecule is COc1cccc(-c2nn(C)c3c2[C@@H]2CN(C(=O)C4(C)CC4)C[C@@H]2C3)c1. The Labute approximate surface area is 153 Å². The lowest BCUT2D eigenvalue weighted by molar-refractivity contribution is -0.135. The molecule has 3 aliphatic rings. The number of hydrogen-bond donors (Lipinski definition) is 0. The molecule has 2 aliphatic carbocycles. The van der Waals surface area contributed by atoms with E-state index in [2.05, 4.69) is 24.0 Å². The predicted octanol–water partition coefficient (Wildman–Crippen LogP) is 2.99. The summed E-state index contributed by atoms with van der Waals surface area (Å²) in [7, 11) is 3.73. The molecular formula is C21H25N3O2. The number of likely N-dealkylation sites (tertiary alicyclic amines) is 1. The number of carbonyl (C=O) groups is 1.